The van der Waals surface area contributed by atoms with E-state index in [1.54, 1.807) is 18.2 Å². The van der Waals surface area contributed by atoms with E-state index < -0.39 is 104 Å². The van der Waals surface area contributed by atoms with E-state index in [4.69, 9.17) is 30.0 Å². The Bertz CT molecular complexity index is 1290. The van der Waals surface area contributed by atoms with Gasteiger partial charge >= 0.3 is 0 Å². The molecule has 0 amide bonds. The second-order valence-electron chi connectivity index (χ2n) is 6.86. The number of rotatable bonds is 7. The number of hydrogen-bond donors (Lipinski definition) is 0. The minimum Gasteiger partial charge on any atom is -0.496 e. The molecule has 2 aromatic rings. The zero-order valence-corrected chi connectivity index (χ0v) is 15.5. The number of hydrogen-bond acceptors (Lipinski definition) is 4. The fraction of sp³-hybridized carbons (Fsp3) is 0.609. The molecule has 146 valence electrons. The second kappa shape index (κ2) is 8.32. The Morgan fingerprint density at radius 3 is 3.15 bits per heavy atom. The third kappa shape index (κ3) is 4.07. The Balaban J connectivity index is 1.76. The van der Waals surface area contributed by atoms with Gasteiger partial charge in [-0.2, -0.15) is 0 Å². The van der Waals surface area contributed by atoms with Crippen molar-refractivity contribution in [1.29, 1.82) is 0 Å². The molecule has 1 aliphatic heterocycles. The van der Waals surface area contributed by atoms with E-state index in [2.05, 4.69) is 4.98 Å². The molecule has 0 unspecified atom stereocenters. The Morgan fingerprint density at radius 1 is 1.41 bits per heavy atom. The minimum atomic E-state index is -3.05. The van der Waals surface area contributed by atoms with Gasteiger partial charge in [0.05, 0.1) is 22.2 Å². The minimum absolute atomic E-state index is 0.182. The smallest absolute Gasteiger partial charge is 0.132 e. The van der Waals surface area contributed by atoms with Gasteiger partial charge in [0.2, 0.25) is 0 Å². The van der Waals surface area contributed by atoms with Crippen molar-refractivity contribution < 1.29 is 30.0 Å². The predicted octanol–water partition coefficient (Wildman–Crippen LogP) is 5.93. The lowest BCUT2D eigenvalue weighted by molar-refractivity contribution is -0.104. The summed E-state index contributed by atoms with van der Waals surface area (Å²) in [6.45, 7) is -2.43. The van der Waals surface area contributed by atoms with E-state index in [0.717, 1.165) is 0 Å². The maximum atomic E-state index is 8.94. The Morgan fingerprint density at radius 2 is 2.33 bits per heavy atom. The van der Waals surface area contributed by atoms with Crippen LogP contribution in [-0.2, 0) is 16.5 Å². The molecule has 4 rings (SSSR count). The number of aromatic nitrogens is 1. The first-order valence-corrected chi connectivity index (χ1v) is 9.55. The summed E-state index contributed by atoms with van der Waals surface area (Å²) in [5, 5.41) is -0.456. The maximum absolute atomic E-state index is 8.94. The van der Waals surface area contributed by atoms with Crippen LogP contribution in [0.15, 0.2) is 35.8 Å². The lowest BCUT2D eigenvalue weighted by atomic mass is 9.67. The van der Waals surface area contributed by atoms with Gasteiger partial charge < -0.3 is 9.47 Å². The van der Waals surface area contributed by atoms with Crippen molar-refractivity contribution in [2.45, 2.75) is 75.0 Å². The fourth-order valence-electron chi connectivity index (χ4n) is 3.68. The van der Waals surface area contributed by atoms with Gasteiger partial charge in [0, 0.05) is 39.7 Å². The van der Waals surface area contributed by atoms with Gasteiger partial charge in [0.1, 0.15) is 5.75 Å². The highest BCUT2D eigenvalue weighted by atomic mass is 32.1. The van der Waals surface area contributed by atoms with Crippen LogP contribution >= 0.6 is 11.3 Å². The highest BCUT2D eigenvalue weighted by Crippen LogP contribution is 2.50. The van der Waals surface area contributed by atoms with Crippen molar-refractivity contribution in [2.75, 3.05) is 13.6 Å². The van der Waals surface area contributed by atoms with Crippen molar-refractivity contribution in [3.8, 4) is 5.75 Å². The molecule has 3 heterocycles. The van der Waals surface area contributed by atoms with Crippen LogP contribution in [0.25, 0.3) is 0 Å². The zero-order valence-electron chi connectivity index (χ0n) is 29.7. The van der Waals surface area contributed by atoms with Gasteiger partial charge in [-0.25, -0.2) is 0 Å². The summed E-state index contributed by atoms with van der Waals surface area (Å²) in [7, 11) is -3.05. The molecule has 2 aliphatic rings. The Kier molecular flexibility index (Phi) is 2.51. The van der Waals surface area contributed by atoms with Crippen molar-refractivity contribution in [3.63, 3.8) is 0 Å². The van der Waals surface area contributed by atoms with Crippen molar-refractivity contribution in [3.05, 3.63) is 46.4 Å². The number of ether oxygens (including phenoxy) is 2. The molecular weight excluding hydrogens is 354 g/mol. The third-order valence-electron chi connectivity index (χ3n) is 4.98. The molecule has 0 bridgehead atoms. The maximum Gasteiger partial charge on any atom is 0.132 e. The summed E-state index contributed by atoms with van der Waals surface area (Å²) < 4.78 is 134. The molecule has 2 fully saturated rings. The Labute approximate surface area is 188 Å². The molecule has 3 nitrogen and oxygen atoms in total. The van der Waals surface area contributed by atoms with Crippen molar-refractivity contribution in [1.82, 2.24) is 4.98 Å². The first-order chi connectivity index (χ1) is 18.8. The molecule has 1 aliphatic carbocycles. The lowest BCUT2D eigenvalue weighted by Gasteiger charge is -2.46. The van der Waals surface area contributed by atoms with Crippen LogP contribution in [0.4, 0.5) is 0 Å². The number of nitrogens with zero attached hydrogens (tertiary/aromatic N) is 1. The molecule has 4 heteroatoms. The van der Waals surface area contributed by atoms with Crippen LogP contribution in [-0.4, -0.2) is 24.2 Å². The predicted molar refractivity (Wildman–Crippen MR) is 111 cm³/mol. The molecule has 1 saturated carbocycles. The SMILES string of the molecule is [2H]c1sc(C([2H])([2H])CC([2H])([2H])C[C@@]2(c3ccccn3)CC([2H])([2H])OC3(CC([2H])([2H])C([2H])([2H])C3)C2)c(OC([2H])([2H])[2H])c1[2H]. The number of methoxy groups -OCH3 is 1. The van der Waals surface area contributed by atoms with E-state index in [9.17, 15) is 0 Å². The summed E-state index contributed by atoms with van der Waals surface area (Å²) in [6, 6.07) is 4.17. The number of pyridine rings is 1. The van der Waals surface area contributed by atoms with Gasteiger partial charge in [0.25, 0.3) is 0 Å². The summed E-state index contributed by atoms with van der Waals surface area (Å²) in [5.74, 6) is -0.665. The van der Waals surface area contributed by atoms with E-state index in [-0.39, 0.29) is 12.1 Å². The molecule has 2 aromatic heterocycles. The second-order valence-corrected chi connectivity index (χ2v) is 7.67. The largest absolute Gasteiger partial charge is 0.496 e. The first kappa shape index (κ1) is 8.16. The van der Waals surface area contributed by atoms with Crippen LogP contribution in [0.1, 0.15) is 88.8 Å². The normalized spacial score (nSPS) is 39.6. The zero-order chi connectivity index (χ0) is 31.8. The van der Waals surface area contributed by atoms with Crippen LogP contribution in [0.5, 0.6) is 5.75 Å². The topological polar surface area (TPSA) is 31.4 Å². The molecule has 1 spiro atoms. The summed E-state index contributed by atoms with van der Waals surface area (Å²) in [5.41, 5.74) is -2.86. The van der Waals surface area contributed by atoms with Gasteiger partial charge in [0.15, 0.2) is 0 Å². The van der Waals surface area contributed by atoms with Gasteiger partial charge in [-0.05, 0) is 68.4 Å². The summed E-state index contributed by atoms with van der Waals surface area (Å²) in [6.07, 6.45) is -11.3. The molecule has 0 aromatic carbocycles. The van der Waals surface area contributed by atoms with Gasteiger partial charge in [-0.15, -0.1) is 11.3 Å². The first-order valence-electron chi connectivity index (χ1n) is 16.2. The van der Waals surface area contributed by atoms with Gasteiger partial charge in [-0.1, -0.05) is 25.2 Å². The monoisotopic (exact) mass is 400 g/mol. The van der Waals surface area contributed by atoms with Crippen molar-refractivity contribution in [2.24, 2.45) is 0 Å². The van der Waals surface area contributed by atoms with Crippen LogP contribution in [0.3, 0.4) is 0 Å². The Hall–Kier alpha value is -1.39. The van der Waals surface area contributed by atoms with E-state index in [0.29, 0.717) is 11.3 Å². The van der Waals surface area contributed by atoms with E-state index >= 15 is 0 Å². The third-order valence-corrected chi connectivity index (χ3v) is 5.72. The van der Waals surface area contributed by atoms with E-state index in [1.807, 2.05) is 0 Å². The molecular formula is C23H31NO2S. The van der Waals surface area contributed by atoms with Crippen LogP contribution in [0, 0.1) is 0 Å². The molecule has 1 saturated heterocycles. The highest BCUT2D eigenvalue weighted by molar-refractivity contribution is 7.10. The molecule has 0 N–H and O–H groups in total. The van der Waals surface area contributed by atoms with Crippen LogP contribution in [0.2, 0.25) is 0 Å². The molecule has 27 heavy (non-hydrogen) atoms. The average molecular weight is 401 g/mol. The van der Waals surface area contributed by atoms with Gasteiger partial charge in [-0.3, -0.25) is 4.98 Å². The molecule has 0 radical (unpaired) electrons. The summed E-state index contributed by atoms with van der Waals surface area (Å²) in [4.78, 5) is 3.95. The summed E-state index contributed by atoms with van der Waals surface area (Å²) >= 11 is 0.472. The number of thiophene rings is 1. The van der Waals surface area contributed by atoms with E-state index in [1.165, 1.54) is 6.20 Å². The van der Waals surface area contributed by atoms with Crippen molar-refractivity contribution >= 4 is 11.3 Å². The quantitative estimate of drug-likeness (QED) is 0.577. The van der Waals surface area contributed by atoms with Crippen LogP contribution < -0.4 is 4.74 Å². The number of aryl methyl sites for hydroxylation is 1. The fourth-order valence-corrected chi connectivity index (χ4v) is 4.26. The lowest BCUT2D eigenvalue weighted by Crippen LogP contribution is -2.46. The average Bonchev–Trinajstić information content (AvgIpc) is 3.13. The molecule has 1 atom stereocenters. The standard InChI is InChI=1S/C23H31NO2S/c1-25-19-10-17-27-20(19)8-2-4-11-22(21-9-3-7-15-24-21)14-16-26-23(18-22)12-5-6-13-23/h3,7,9-10,15,17H,2,4-6,8,11-14,16,18H2,1H3/t22-/m1/s1/i1D3,4D2,5D2,6D2,8D2,10D,16D2,17D. The highest BCUT2D eigenvalue weighted by Gasteiger charge is 2.48.